The molecule has 0 bridgehead atoms. The van der Waals surface area contributed by atoms with Gasteiger partial charge in [0.15, 0.2) is 0 Å². The molecule has 1 aliphatic rings. The van der Waals surface area contributed by atoms with Gasteiger partial charge in [-0.1, -0.05) is 48.0 Å². The van der Waals surface area contributed by atoms with Crippen LogP contribution in [0.15, 0.2) is 79.0 Å². The number of carboxylic acids is 1. The Hall–Kier alpha value is -4.25. The first-order chi connectivity index (χ1) is 18.4. The van der Waals surface area contributed by atoms with E-state index in [1.165, 1.54) is 60.7 Å². The van der Waals surface area contributed by atoms with Crippen molar-refractivity contribution in [1.82, 2.24) is 14.7 Å². The zero-order chi connectivity index (χ0) is 28.1. The number of carbonyl (C=O) groups is 2. The lowest BCUT2D eigenvalue weighted by Crippen LogP contribution is -2.50. The van der Waals surface area contributed by atoms with Crippen molar-refractivity contribution in [2.45, 2.75) is 24.7 Å². The summed E-state index contributed by atoms with van der Waals surface area (Å²) in [5.41, 5.74) is -0.413. The molecule has 0 saturated carbocycles. The highest BCUT2D eigenvalue weighted by Crippen LogP contribution is 2.44. The molecule has 1 atom stereocenters. The Kier molecular flexibility index (Phi) is 6.42. The van der Waals surface area contributed by atoms with Gasteiger partial charge in [-0.3, -0.25) is 9.69 Å². The number of carboxylic acid groups (broad SMARTS) is 1. The molecule has 0 aliphatic carbocycles. The standard InChI is InChI=1S/C27H17ClF5N3O3/c28-19-9-11-20(12-10-19)36-23-21(14-34-36)24(37)35(27(23,32)33)22(25(38)39)13-15-1-3-16(4-2-15)17-5-7-18(8-6-17)26(29,30)31/h1-12,14,22H,13H2,(H,38,39)/t22-/m0/s1. The SMILES string of the molecule is O=C(O)[C@H](Cc1ccc(-c2ccc(C(F)(F)F)cc2)cc1)N1C(=O)c2cnn(-c3ccc(Cl)cc3)c2C1(F)F. The van der Waals surface area contributed by atoms with Crippen molar-refractivity contribution >= 4 is 23.5 Å². The third-order valence-electron chi connectivity index (χ3n) is 6.40. The molecule has 0 spiro atoms. The number of alkyl halides is 5. The lowest BCUT2D eigenvalue weighted by Gasteiger charge is -2.30. The second kappa shape index (κ2) is 9.49. The van der Waals surface area contributed by atoms with E-state index in [2.05, 4.69) is 5.10 Å². The van der Waals surface area contributed by atoms with Gasteiger partial charge in [-0.2, -0.15) is 27.1 Å². The number of nitrogens with zero attached hydrogens (tertiary/aromatic N) is 3. The van der Waals surface area contributed by atoms with Gasteiger partial charge in [-0.25, -0.2) is 9.48 Å². The Balaban J connectivity index is 1.41. The molecule has 0 saturated heterocycles. The summed E-state index contributed by atoms with van der Waals surface area (Å²) < 4.78 is 70.7. The van der Waals surface area contributed by atoms with Gasteiger partial charge in [0.2, 0.25) is 0 Å². The van der Waals surface area contributed by atoms with Crippen LogP contribution < -0.4 is 0 Å². The minimum Gasteiger partial charge on any atom is -0.480 e. The number of halogens is 6. The van der Waals surface area contributed by atoms with Crippen molar-refractivity contribution in [3.63, 3.8) is 0 Å². The lowest BCUT2D eigenvalue weighted by atomic mass is 9.99. The summed E-state index contributed by atoms with van der Waals surface area (Å²) in [6.07, 6.45) is -3.95. The molecule has 0 unspecified atom stereocenters. The summed E-state index contributed by atoms with van der Waals surface area (Å²) in [6, 6.07) is 10.4. The maximum atomic E-state index is 15.7. The van der Waals surface area contributed by atoms with Crippen LogP contribution in [0.4, 0.5) is 22.0 Å². The molecule has 5 rings (SSSR count). The van der Waals surface area contributed by atoms with Gasteiger partial charge in [-0.15, -0.1) is 0 Å². The van der Waals surface area contributed by atoms with Gasteiger partial charge in [0, 0.05) is 11.4 Å². The smallest absolute Gasteiger partial charge is 0.416 e. The zero-order valence-electron chi connectivity index (χ0n) is 19.7. The summed E-state index contributed by atoms with van der Waals surface area (Å²) in [5.74, 6) is -2.81. The second-order valence-electron chi connectivity index (χ2n) is 8.84. The van der Waals surface area contributed by atoms with E-state index in [-0.39, 0.29) is 10.6 Å². The first-order valence-corrected chi connectivity index (χ1v) is 11.8. The van der Waals surface area contributed by atoms with Crippen LogP contribution in [0.2, 0.25) is 5.02 Å². The summed E-state index contributed by atoms with van der Waals surface area (Å²) >= 11 is 5.87. The molecule has 2 heterocycles. The molecular weight excluding hydrogens is 545 g/mol. The molecule has 3 aromatic carbocycles. The van der Waals surface area contributed by atoms with Crippen LogP contribution in [0.1, 0.15) is 27.2 Å². The molecular formula is C27H17ClF5N3O3. The summed E-state index contributed by atoms with van der Waals surface area (Å²) in [7, 11) is 0. The first kappa shape index (κ1) is 26.4. The molecule has 1 N–H and O–H groups in total. The van der Waals surface area contributed by atoms with E-state index in [1.54, 1.807) is 0 Å². The minimum absolute atomic E-state index is 0.0396. The average Bonchev–Trinajstić information content (AvgIpc) is 3.42. The first-order valence-electron chi connectivity index (χ1n) is 11.4. The number of fused-ring (bicyclic) bond motifs is 1. The third-order valence-corrected chi connectivity index (χ3v) is 6.65. The van der Waals surface area contributed by atoms with Gasteiger partial charge in [0.25, 0.3) is 5.91 Å². The highest BCUT2D eigenvalue weighted by molar-refractivity contribution is 6.30. The molecule has 4 aromatic rings. The van der Waals surface area contributed by atoms with Crippen LogP contribution in [-0.2, 0) is 23.4 Å². The Labute approximate surface area is 222 Å². The summed E-state index contributed by atoms with van der Waals surface area (Å²) in [5, 5.41) is 14.1. The number of carbonyl (C=O) groups excluding carboxylic acids is 1. The van der Waals surface area contributed by atoms with Crippen LogP contribution in [0.3, 0.4) is 0 Å². The Morgan fingerprint density at radius 1 is 0.949 bits per heavy atom. The van der Waals surface area contributed by atoms with E-state index in [4.69, 9.17) is 11.6 Å². The summed E-state index contributed by atoms with van der Waals surface area (Å²) in [6.45, 7) is 0. The highest BCUT2D eigenvalue weighted by Gasteiger charge is 2.58. The van der Waals surface area contributed by atoms with Crippen LogP contribution in [0, 0.1) is 0 Å². The molecule has 1 aromatic heterocycles. The molecule has 1 aliphatic heterocycles. The van der Waals surface area contributed by atoms with Crippen molar-refractivity contribution in [3.05, 3.63) is 106 Å². The molecule has 1 amide bonds. The van der Waals surface area contributed by atoms with E-state index < -0.39 is 53.4 Å². The number of amides is 1. The van der Waals surface area contributed by atoms with Crippen LogP contribution in [-0.4, -0.2) is 37.7 Å². The maximum Gasteiger partial charge on any atom is 0.416 e. The number of hydrogen-bond donors (Lipinski definition) is 1. The fourth-order valence-corrected chi connectivity index (χ4v) is 4.60. The van der Waals surface area contributed by atoms with E-state index in [0.29, 0.717) is 21.7 Å². The van der Waals surface area contributed by atoms with Gasteiger partial charge >= 0.3 is 18.2 Å². The Morgan fingerprint density at radius 3 is 2.05 bits per heavy atom. The number of rotatable bonds is 6. The van der Waals surface area contributed by atoms with E-state index >= 15 is 8.78 Å². The number of hydrogen-bond acceptors (Lipinski definition) is 3. The molecule has 6 nitrogen and oxygen atoms in total. The van der Waals surface area contributed by atoms with Crippen LogP contribution >= 0.6 is 11.6 Å². The molecule has 0 radical (unpaired) electrons. The zero-order valence-corrected chi connectivity index (χ0v) is 20.4. The van der Waals surface area contributed by atoms with Crippen molar-refractivity contribution in [3.8, 4) is 16.8 Å². The van der Waals surface area contributed by atoms with Crippen LogP contribution in [0.25, 0.3) is 16.8 Å². The van der Waals surface area contributed by atoms with Gasteiger partial charge in [-0.05, 0) is 53.1 Å². The van der Waals surface area contributed by atoms with Crippen molar-refractivity contribution < 1.29 is 36.6 Å². The second-order valence-corrected chi connectivity index (χ2v) is 9.28. The molecule has 39 heavy (non-hydrogen) atoms. The van der Waals surface area contributed by atoms with Gasteiger partial charge < -0.3 is 5.11 Å². The quantitative estimate of drug-likeness (QED) is 0.218. The van der Waals surface area contributed by atoms with E-state index in [1.807, 2.05) is 0 Å². The predicted molar refractivity (Wildman–Crippen MR) is 131 cm³/mol. The molecule has 12 heteroatoms. The van der Waals surface area contributed by atoms with E-state index in [9.17, 15) is 27.9 Å². The fraction of sp³-hybridized carbons (Fsp3) is 0.148. The number of aromatic nitrogens is 2. The monoisotopic (exact) mass is 561 g/mol. The minimum atomic E-state index is -4.48. The Morgan fingerprint density at radius 2 is 1.51 bits per heavy atom. The third kappa shape index (κ3) is 4.74. The normalized spacial score (nSPS) is 15.3. The molecule has 200 valence electrons. The van der Waals surface area contributed by atoms with Crippen molar-refractivity contribution in [2.24, 2.45) is 0 Å². The topological polar surface area (TPSA) is 75.4 Å². The summed E-state index contributed by atoms with van der Waals surface area (Å²) in [4.78, 5) is 25.2. The van der Waals surface area contributed by atoms with Crippen LogP contribution in [0.5, 0.6) is 0 Å². The largest absolute Gasteiger partial charge is 0.480 e. The average molecular weight is 562 g/mol. The number of benzene rings is 3. The van der Waals surface area contributed by atoms with Gasteiger partial charge in [0.05, 0.1) is 23.0 Å². The van der Waals surface area contributed by atoms with Gasteiger partial charge in [0.1, 0.15) is 11.7 Å². The number of aliphatic carboxylic acids is 1. The van der Waals surface area contributed by atoms with Crippen molar-refractivity contribution in [1.29, 1.82) is 0 Å². The van der Waals surface area contributed by atoms with Crippen molar-refractivity contribution in [2.75, 3.05) is 0 Å². The molecule has 0 fully saturated rings. The predicted octanol–water partition coefficient (Wildman–Crippen LogP) is 6.41. The highest BCUT2D eigenvalue weighted by atomic mass is 35.5. The fourth-order valence-electron chi connectivity index (χ4n) is 4.48. The maximum absolute atomic E-state index is 15.7. The Bertz CT molecular complexity index is 1550. The lowest BCUT2D eigenvalue weighted by molar-refractivity contribution is -0.168. The van der Waals surface area contributed by atoms with E-state index in [0.717, 1.165) is 23.0 Å².